The minimum absolute atomic E-state index is 0.0663. The second-order valence-electron chi connectivity index (χ2n) is 5.01. The van der Waals surface area contributed by atoms with E-state index in [1.54, 1.807) is 6.07 Å². The molecule has 1 aromatic heterocycles. The van der Waals surface area contributed by atoms with E-state index in [4.69, 9.17) is 0 Å². The van der Waals surface area contributed by atoms with Crippen molar-refractivity contribution in [1.29, 1.82) is 0 Å². The van der Waals surface area contributed by atoms with Crippen molar-refractivity contribution in [3.8, 4) is 0 Å². The standard InChI is InChI=1S/C13H20N6O2/c1-10(20)14-8-13(21)17-11-7-12(16-9-15-11)19-5-3-18(2)4-6-19/h7,9H,3-6,8H2,1-2H3,(H,14,20)(H,15,16,17,21). The maximum Gasteiger partial charge on any atom is 0.244 e. The Hall–Kier alpha value is -2.22. The van der Waals surface area contributed by atoms with E-state index in [0.29, 0.717) is 5.82 Å². The van der Waals surface area contributed by atoms with Gasteiger partial charge in [0, 0.05) is 39.2 Å². The summed E-state index contributed by atoms with van der Waals surface area (Å²) in [7, 11) is 2.09. The van der Waals surface area contributed by atoms with E-state index >= 15 is 0 Å². The summed E-state index contributed by atoms with van der Waals surface area (Å²) in [6.07, 6.45) is 1.43. The molecule has 1 aromatic rings. The fourth-order valence-electron chi connectivity index (χ4n) is 2.02. The van der Waals surface area contributed by atoms with Gasteiger partial charge in [0.1, 0.15) is 18.0 Å². The Morgan fingerprint density at radius 1 is 1.24 bits per heavy atom. The van der Waals surface area contributed by atoms with Crippen LogP contribution in [0.2, 0.25) is 0 Å². The molecule has 8 nitrogen and oxygen atoms in total. The van der Waals surface area contributed by atoms with E-state index in [1.807, 2.05) is 0 Å². The van der Waals surface area contributed by atoms with Crippen LogP contribution in [0, 0.1) is 0 Å². The van der Waals surface area contributed by atoms with E-state index in [-0.39, 0.29) is 18.4 Å². The Labute approximate surface area is 123 Å². The Balaban J connectivity index is 1.94. The molecule has 0 aliphatic carbocycles. The molecule has 114 valence electrons. The summed E-state index contributed by atoms with van der Waals surface area (Å²) in [5.41, 5.74) is 0. The van der Waals surface area contributed by atoms with E-state index in [0.717, 1.165) is 32.0 Å². The topological polar surface area (TPSA) is 90.5 Å². The first-order chi connectivity index (χ1) is 10.0. The molecule has 0 aromatic carbocycles. The van der Waals surface area contributed by atoms with Crippen molar-refractivity contribution in [2.75, 3.05) is 50.0 Å². The molecule has 0 atom stereocenters. The second-order valence-corrected chi connectivity index (χ2v) is 5.01. The quantitative estimate of drug-likeness (QED) is 0.763. The molecule has 1 saturated heterocycles. The molecule has 2 heterocycles. The molecule has 8 heteroatoms. The van der Waals surface area contributed by atoms with Crippen molar-refractivity contribution in [3.05, 3.63) is 12.4 Å². The molecule has 2 N–H and O–H groups in total. The summed E-state index contributed by atoms with van der Waals surface area (Å²) < 4.78 is 0. The first-order valence-corrected chi connectivity index (χ1v) is 6.84. The van der Waals surface area contributed by atoms with Gasteiger partial charge in [0.25, 0.3) is 0 Å². The molecule has 0 spiro atoms. The SMILES string of the molecule is CC(=O)NCC(=O)Nc1cc(N2CCN(C)CC2)ncn1. The fourth-order valence-corrected chi connectivity index (χ4v) is 2.02. The van der Waals surface area contributed by atoms with Crippen LogP contribution in [0.5, 0.6) is 0 Å². The molecule has 2 amide bonds. The first-order valence-electron chi connectivity index (χ1n) is 6.84. The summed E-state index contributed by atoms with van der Waals surface area (Å²) in [5.74, 6) is 0.682. The third-order valence-electron chi connectivity index (χ3n) is 3.25. The highest BCUT2D eigenvalue weighted by Crippen LogP contribution is 2.15. The van der Waals surface area contributed by atoms with E-state index in [1.165, 1.54) is 13.3 Å². The number of amides is 2. The molecule has 0 unspecified atom stereocenters. The van der Waals surface area contributed by atoms with Crippen molar-refractivity contribution in [1.82, 2.24) is 20.2 Å². The van der Waals surface area contributed by atoms with Crippen LogP contribution in [0.3, 0.4) is 0 Å². The molecule has 1 aliphatic rings. The van der Waals surface area contributed by atoms with E-state index < -0.39 is 0 Å². The summed E-state index contributed by atoms with van der Waals surface area (Å²) in [6.45, 7) is 5.05. The number of carbonyl (C=O) groups is 2. The molecule has 2 rings (SSSR count). The van der Waals surface area contributed by atoms with Gasteiger partial charge in [-0.3, -0.25) is 9.59 Å². The normalized spacial score (nSPS) is 15.6. The number of nitrogens with zero attached hydrogens (tertiary/aromatic N) is 4. The van der Waals surface area contributed by atoms with Gasteiger partial charge < -0.3 is 20.4 Å². The molecule has 1 aliphatic heterocycles. The van der Waals surface area contributed by atoms with Crippen molar-refractivity contribution >= 4 is 23.5 Å². The lowest BCUT2D eigenvalue weighted by Crippen LogP contribution is -2.44. The highest BCUT2D eigenvalue weighted by molar-refractivity contribution is 5.93. The van der Waals surface area contributed by atoms with Crippen LogP contribution in [0.15, 0.2) is 12.4 Å². The molecular weight excluding hydrogens is 272 g/mol. The predicted molar refractivity (Wildman–Crippen MR) is 79.1 cm³/mol. The number of anilines is 2. The van der Waals surface area contributed by atoms with Crippen molar-refractivity contribution < 1.29 is 9.59 Å². The van der Waals surface area contributed by atoms with Crippen LogP contribution in [0.4, 0.5) is 11.6 Å². The molecule has 1 fully saturated rings. The number of hydrogen-bond donors (Lipinski definition) is 2. The van der Waals surface area contributed by atoms with Crippen LogP contribution >= 0.6 is 0 Å². The Morgan fingerprint density at radius 2 is 1.95 bits per heavy atom. The summed E-state index contributed by atoms with van der Waals surface area (Å²) >= 11 is 0. The Bertz CT molecular complexity index is 513. The van der Waals surface area contributed by atoms with Crippen molar-refractivity contribution in [2.24, 2.45) is 0 Å². The van der Waals surface area contributed by atoms with Crippen LogP contribution in [-0.4, -0.2) is 66.5 Å². The van der Waals surface area contributed by atoms with Gasteiger partial charge in [-0.1, -0.05) is 0 Å². The van der Waals surface area contributed by atoms with Gasteiger partial charge in [0.15, 0.2) is 0 Å². The molecular formula is C13H20N6O2. The van der Waals surface area contributed by atoms with Gasteiger partial charge in [-0.2, -0.15) is 0 Å². The molecule has 0 saturated carbocycles. The lowest BCUT2D eigenvalue weighted by molar-refractivity contribution is -0.122. The van der Waals surface area contributed by atoms with Crippen LogP contribution < -0.4 is 15.5 Å². The zero-order valence-corrected chi connectivity index (χ0v) is 12.3. The minimum atomic E-state index is -0.312. The highest BCUT2D eigenvalue weighted by Gasteiger charge is 2.16. The summed E-state index contributed by atoms with van der Waals surface area (Å²) in [4.78, 5) is 35.1. The second kappa shape index (κ2) is 6.98. The maximum absolute atomic E-state index is 11.6. The third-order valence-corrected chi connectivity index (χ3v) is 3.25. The Kier molecular flexibility index (Phi) is 5.04. The average molecular weight is 292 g/mol. The number of hydrogen-bond acceptors (Lipinski definition) is 6. The smallest absolute Gasteiger partial charge is 0.244 e. The van der Waals surface area contributed by atoms with Gasteiger partial charge in [-0.25, -0.2) is 9.97 Å². The summed E-state index contributed by atoms with van der Waals surface area (Å²) in [6, 6.07) is 1.75. The van der Waals surface area contributed by atoms with E-state index in [9.17, 15) is 9.59 Å². The van der Waals surface area contributed by atoms with Crippen LogP contribution in [0.1, 0.15) is 6.92 Å². The monoisotopic (exact) mass is 292 g/mol. The predicted octanol–water partition coefficient (Wildman–Crippen LogP) is -0.697. The third kappa shape index (κ3) is 4.67. The fraction of sp³-hybridized carbons (Fsp3) is 0.538. The minimum Gasteiger partial charge on any atom is -0.354 e. The van der Waals surface area contributed by atoms with Crippen molar-refractivity contribution in [2.45, 2.75) is 6.92 Å². The lowest BCUT2D eigenvalue weighted by atomic mass is 10.3. The van der Waals surface area contributed by atoms with Gasteiger partial charge in [0.05, 0.1) is 6.54 Å². The number of nitrogens with one attached hydrogen (secondary N) is 2. The lowest BCUT2D eigenvalue weighted by Gasteiger charge is -2.33. The zero-order chi connectivity index (χ0) is 15.2. The van der Waals surface area contributed by atoms with Gasteiger partial charge in [-0.15, -0.1) is 0 Å². The summed E-state index contributed by atoms with van der Waals surface area (Å²) in [5, 5.41) is 5.08. The maximum atomic E-state index is 11.6. The van der Waals surface area contributed by atoms with Crippen molar-refractivity contribution in [3.63, 3.8) is 0 Å². The van der Waals surface area contributed by atoms with Gasteiger partial charge >= 0.3 is 0 Å². The van der Waals surface area contributed by atoms with Crippen LogP contribution in [-0.2, 0) is 9.59 Å². The largest absolute Gasteiger partial charge is 0.354 e. The Morgan fingerprint density at radius 3 is 2.62 bits per heavy atom. The number of rotatable bonds is 4. The first kappa shape index (κ1) is 15.2. The zero-order valence-electron chi connectivity index (χ0n) is 12.3. The van der Waals surface area contributed by atoms with Crippen LogP contribution in [0.25, 0.3) is 0 Å². The number of carbonyl (C=O) groups excluding carboxylic acids is 2. The number of likely N-dealkylation sites (N-methyl/N-ethyl adjacent to an activating group) is 1. The molecule has 0 bridgehead atoms. The molecule has 0 radical (unpaired) electrons. The number of piperazine rings is 1. The van der Waals surface area contributed by atoms with E-state index in [2.05, 4.69) is 37.4 Å². The molecule has 21 heavy (non-hydrogen) atoms. The van der Waals surface area contributed by atoms with Gasteiger partial charge in [0.2, 0.25) is 11.8 Å². The van der Waals surface area contributed by atoms with Gasteiger partial charge in [-0.05, 0) is 7.05 Å². The highest BCUT2D eigenvalue weighted by atomic mass is 16.2. The number of aromatic nitrogens is 2. The average Bonchev–Trinajstić information content (AvgIpc) is 2.46.